The molecule has 0 aliphatic rings. The second kappa shape index (κ2) is 12.9. The summed E-state index contributed by atoms with van der Waals surface area (Å²) >= 11 is 0. The molecule has 2 rings (SSSR count). The van der Waals surface area contributed by atoms with Gasteiger partial charge in [-0.15, -0.1) is 24.0 Å². The summed E-state index contributed by atoms with van der Waals surface area (Å²) < 4.78 is 5.13. The molecule has 0 bridgehead atoms. The lowest BCUT2D eigenvalue weighted by atomic mass is 10.1. The topological polar surface area (TPSA) is 92.8 Å². The number of amides is 1. The van der Waals surface area contributed by atoms with Crippen LogP contribution in [-0.4, -0.2) is 55.5 Å². The summed E-state index contributed by atoms with van der Waals surface area (Å²) in [4.78, 5) is 22.1. The van der Waals surface area contributed by atoms with Crippen LogP contribution < -0.4 is 15.8 Å². The second-order valence-corrected chi connectivity index (χ2v) is 6.11. The second-order valence-electron chi connectivity index (χ2n) is 6.11. The minimum absolute atomic E-state index is 0. The third-order valence-corrected chi connectivity index (χ3v) is 4.12. The number of methoxy groups -OCH3 is 1. The number of hydrogen-bond acceptors (Lipinski definition) is 4. The third-order valence-electron chi connectivity index (χ3n) is 4.12. The summed E-state index contributed by atoms with van der Waals surface area (Å²) in [7, 11) is 3.40. The number of halogens is 1. The molecule has 152 valence electrons. The van der Waals surface area contributed by atoms with Crippen LogP contribution >= 0.6 is 24.0 Å². The SMILES string of the molecule is COc1ccc(CCNC(N)=NCC(=O)N(C)CCc2ccccn2)cc1.I. The minimum atomic E-state index is -0.0779. The van der Waals surface area contributed by atoms with Crippen LogP contribution in [0.2, 0.25) is 0 Å². The highest BCUT2D eigenvalue weighted by Gasteiger charge is 2.08. The van der Waals surface area contributed by atoms with Gasteiger partial charge in [0.05, 0.1) is 7.11 Å². The van der Waals surface area contributed by atoms with E-state index in [2.05, 4.69) is 15.3 Å². The molecule has 0 saturated carbocycles. The fraction of sp³-hybridized carbons (Fsp3) is 0.350. The zero-order chi connectivity index (χ0) is 19.5. The monoisotopic (exact) mass is 497 g/mol. The number of rotatable bonds is 9. The number of guanidine groups is 1. The molecule has 3 N–H and O–H groups in total. The van der Waals surface area contributed by atoms with Gasteiger partial charge in [0, 0.05) is 38.4 Å². The number of nitrogens with zero attached hydrogens (tertiary/aromatic N) is 3. The maximum absolute atomic E-state index is 12.1. The van der Waals surface area contributed by atoms with Gasteiger partial charge in [-0.05, 0) is 36.2 Å². The van der Waals surface area contributed by atoms with E-state index < -0.39 is 0 Å². The van der Waals surface area contributed by atoms with Crippen molar-refractivity contribution in [2.45, 2.75) is 12.8 Å². The Morgan fingerprint density at radius 2 is 1.96 bits per heavy atom. The molecule has 1 aromatic carbocycles. The average Bonchev–Trinajstić information content (AvgIpc) is 2.71. The molecule has 7 nitrogen and oxygen atoms in total. The molecule has 0 fully saturated rings. The van der Waals surface area contributed by atoms with Crippen LogP contribution in [0.1, 0.15) is 11.3 Å². The molecular formula is C20H28IN5O2. The van der Waals surface area contributed by atoms with Crippen LogP contribution in [0.25, 0.3) is 0 Å². The van der Waals surface area contributed by atoms with Crippen molar-refractivity contribution < 1.29 is 9.53 Å². The minimum Gasteiger partial charge on any atom is -0.497 e. The van der Waals surface area contributed by atoms with E-state index in [-0.39, 0.29) is 42.4 Å². The largest absolute Gasteiger partial charge is 0.497 e. The van der Waals surface area contributed by atoms with Crippen molar-refractivity contribution in [3.63, 3.8) is 0 Å². The number of aromatic nitrogens is 1. The van der Waals surface area contributed by atoms with E-state index in [9.17, 15) is 4.79 Å². The van der Waals surface area contributed by atoms with Gasteiger partial charge in [0.2, 0.25) is 5.91 Å². The van der Waals surface area contributed by atoms with E-state index in [1.807, 2.05) is 42.5 Å². The zero-order valence-electron chi connectivity index (χ0n) is 16.3. The number of carbonyl (C=O) groups excluding carboxylic acids is 1. The molecule has 0 radical (unpaired) electrons. The quantitative estimate of drug-likeness (QED) is 0.314. The maximum atomic E-state index is 12.1. The highest BCUT2D eigenvalue weighted by molar-refractivity contribution is 14.0. The Morgan fingerprint density at radius 1 is 1.21 bits per heavy atom. The molecule has 1 heterocycles. The number of likely N-dealkylation sites (N-methyl/N-ethyl adjacent to an activating group) is 1. The Bertz CT molecular complexity index is 738. The molecule has 2 aromatic rings. The Balaban J connectivity index is 0.00000392. The Morgan fingerprint density at radius 3 is 2.61 bits per heavy atom. The van der Waals surface area contributed by atoms with E-state index in [4.69, 9.17) is 10.5 Å². The fourth-order valence-corrected chi connectivity index (χ4v) is 2.41. The molecule has 0 spiro atoms. The first-order chi connectivity index (χ1) is 13.1. The van der Waals surface area contributed by atoms with Crippen LogP contribution in [0.15, 0.2) is 53.7 Å². The summed E-state index contributed by atoms with van der Waals surface area (Å²) in [5.74, 6) is 1.03. The van der Waals surface area contributed by atoms with Crippen LogP contribution in [0.3, 0.4) is 0 Å². The molecule has 0 saturated heterocycles. The number of benzene rings is 1. The van der Waals surface area contributed by atoms with Crippen molar-refractivity contribution in [1.82, 2.24) is 15.2 Å². The van der Waals surface area contributed by atoms with Gasteiger partial charge in [-0.2, -0.15) is 0 Å². The molecular weight excluding hydrogens is 469 g/mol. The summed E-state index contributed by atoms with van der Waals surface area (Å²) in [5.41, 5.74) is 7.96. The van der Waals surface area contributed by atoms with Gasteiger partial charge in [0.25, 0.3) is 0 Å². The Hall–Kier alpha value is -2.36. The molecule has 0 unspecified atom stereocenters. The number of carbonyl (C=O) groups is 1. The van der Waals surface area contributed by atoms with E-state index in [1.165, 1.54) is 5.56 Å². The van der Waals surface area contributed by atoms with Gasteiger partial charge >= 0.3 is 0 Å². The predicted octanol–water partition coefficient (Wildman–Crippen LogP) is 1.86. The van der Waals surface area contributed by atoms with Gasteiger partial charge in [0.1, 0.15) is 12.3 Å². The van der Waals surface area contributed by atoms with Crippen molar-refractivity contribution in [2.75, 3.05) is 33.8 Å². The molecule has 1 amide bonds. The first-order valence-electron chi connectivity index (χ1n) is 8.89. The molecule has 8 heteroatoms. The Kier molecular flexibility index (Phi) is 10.9. The maximum Gasteiger partial charge on any atom is 0.244 e. The molecule has 28 heavy (non-hydrogen) atoms. The van der Waals surface area contributed by atoms with Crippen molar-refractivity contribution in [2.24, 2.45) is 10.7 Å². The highest BCUT2D eigenvalue weighted by Crippen LogP contribution is 2.11. The van der Waals surface area contributed by atoms with Crippen molar-refractivity contribution >= 4 is 35.8 Å². The van der Waals surface area contributed by atoms with Gasteiger partial charge < -0.3 is 20.7 Å². The lowest BCUT2D eigenvalue weighted by Crippen LogP contribution is -2.36. The summed E-state index contributed by atoms with van der Waals surface area (Å²) in [5, 5.41) is 3.03. The summed E-state index contributed by atoms with van der Waals surface area (Å²) in [6.45, 7) is 1.27. The normalized spacial score (nSPS) is 10.7. The van der Waals surface area contributed by atoms with Gasteiger partial charge in [-0.3, -0.25) is 9.78 Å². The predicted molar refractivity (Wildman–Crippen MR) is 122 cm³/mol. The van der Waals surface area contributed by atoms with Gasteiger partial charge in [-0.1, -0.05) is 18.2 Å². The summed E-state index contributed by atoms with van der Waals surface area (Å²) in [6.07, 6.45) is 3.26. The Labute approximate surface area is 183 Å². The first kappa shape index (κ1) is 23.7. The molecule has 1 aromatic heterocycles. The van der Waals surface area contributed by atoms with E-state index in [0.717, 1.165) is 17.9 Å². The molecule has 0 atom stereocenters. The van der Waals surface area contributed by atoms with Crippen molar-refractivity contribution in [1.29, 1.82) is 0 Å². The molecule has 0 aliphatic heterocycles. The number of ether oxygens (including phenoxy) is 1. The number of pyridine rings is 1. The number of nitrogens with two attached hydrogens (primary N) is 1. The smallest absolute Gasteiger partial charge is 0.244 e. The summed E-state index contributed by atoms with van der Waals surface area (Å²) in [6, 6.07) is 13.6. The van der Waals surface area contributed by atoms with E-state index >= 15 is 0 Å². The first-order valence-corrected chi connectivity index (χ1v) is 8.89. The van der Waals surface area contributed by atoms with Crippen LogP contribution in [0.4, 0.5) is 0 Å². The van der Waals surface area contributed by atoms with Gasteiger partial charge in [0.15, 0.2) is 5.96 Å². The van der Waals surface area contributed by atoms with E-state index in [1.54, 1.807) is 25.3 Å². The average molecular weight is 497 g/mol. The fourth-order valence-electron chi connectivity index (χ4n) is 2.41. The lowest BCUT2D eigenvalue weighted by Gasteiger charge is -2.16. The number of nitrogens with one attached hydrogen (secondary N) is 1. The third kappa shape index (κ3) is 8.55. The lowest BCUT2D eigenvalue weighted by molar-refractivity contribution is -0.128. The van der Waals surface area contributed by atoms with Crippen LogP contribution in [-0.2, 0) is 17.6 Å². The molecule has 0 aliphatic carbocycles. The van der Waals surface area contributed by atoms with Crippen LogP contribution in [0, 0.1) is 0 Å². The number of aliphatic imine (C=N–C) groups is 1. The zero-order valence-corrected chi connectivity index (χ0v) is 18.6. The van der Waals surface area contributed by atoms with Crippen LogP contribution in [0.5, 0.6) is 5.75 Å². The standard InChI is InChI=1S/C20H27N5O2.HI/c1-25(14-11-17-5-3-4-12-22-17)19(26)15-24-20(21)23-13-10-16-6-8-18(27-2)9-7-16;/h3-9,12H,10-11,13-15H2,1-2H3,(H3,21,23,24);1H. The van der Waals surface area contributed by atoms with E-state index in [0.29, 0.717) is 19.5 Å². The number of hydrogen-bond donors (Lipinski definition) is 2. The highest BCUT2D eigenvalue weighted by atomic mass is 127. The van der Waals surface area contributed by atoms with Crippen molar-refractivity contribution in [3.05, 3.63) is 59.9 Å². The van der Waals surface area contributed by atoms with Gasteiger partial charge in [-0.25, -0.2) is 4.99 Å². The van der Waals surface area contributed by atoms with Crippen molar-refractivity contribution in [3.8, 4) is 5.75 Å².